The monoisotopic (exact) mass is 267 g/mol. The van der Waals surface area contributed by atoms with E-state index in [2.05, 4.69) is 14.8 Å². The lowest BCUT2D eigenvalue weighted by Gasteiger charge is -2.36. The van der Waals surface area contributed by atoms with Gasteiger partial charge in [0.1, 0.15) is 12.1 Å². The van der Waals surface area contributed by atoms with Crippen LogP contribution in [0.15, 0.2) is 11.6 Å². The quantitative estimate of drug-likeness (QED) is 0.747. The number of carbonyl (C=O) groups is 1. The number of carbonyl (C=O) groups excluding carboxylic acids is 1. The van der Waals surface area contributed by atoms with Crippen molar-refractivity contribution in [2.75, 3.05) is 31.1 Å². The van der Waals surface area contributed by atoms with Crippen molar-refractivity contribution in [3.63, 3.8) is 0 Å². The normalized spacial score (nSPS) is 29.6. The highest BCUT2D eigenvalue weighted by Crippen LogP contribution is 2.23. The first-order valence-corrected chi connectivity index (χ1v) is 7.21. The molecule has 3 heterocycles. The lowest BCUT2D eigenvalue weighted by Crippen LogP contribution is -2.51. The van der Waals surface area contributed by atoms with Gasteiger partial charge in [-0.15, -0.1) is 11.3 Å². The number of rotatable bonds is 2. The van der Waals surface area contributed by atoms with Crippen LogP contribution >= 0.6 is 11.3 Å². The molecule has 2 aliphatic rings. The molecule has 0 aliphatic carbocycles. The third-order valence-electron chi connectivity index (χ3n) is 3.59. The average molecular weight is 267 g/mol. The van der Waals surface area contributed by atoms with Crippen LogP contribution in [0.5, 0.6) is 0 Å². The molecule has 0 amide bonds. The van der Waals surface area contributed by atoms with Gasteiger partial charge in [0.15, 0.2) is 5.13 Å². The second kappa shape index (κ2) is 4.85. The summed E-state index contributed by atoms with van der Waals surface area (Å²) in [6.45, 7) is 5.65. The number of thiazole rings is 1. The molecule has 0 unspecified atom stereocenters. The fourth-order valence-electron chi connectivity index (χ4n) is 2.63. The van der Waals surface area contributed by atoms with Crippen molar-refractivity contribution >= 4 is 22.4 Å². The Labute approximate surface area is 110 Å². The van der Waals surface area contributed by atoms with Gasteiger partial charge in [-0.1, -0.05) is 0 Å². The number of anilines is 1. The van der Waals surface area contributed by atoms with Crippen LogP contribution in [0.25, 0.3) is 0 Å². The molecule has 0 saturated carbocycles. The maximum Gasteiger partial charge on any atom is 0.323 e. The average Bonchev–Trinajstić information content (AvgIpc) is 2.99. The van der Waals surface area contributed by atoms with E-state index in [-0.39, 0.29) is 18.1 Å². The number of aromatic nitrogens is 1. The number of piperazine rings is 1. The summed E-state index contributed by atoms with van der Waals surface area (Å²) in [6, 6.07) is -0.0292. The lowest BCUT2D eigenvalue weighted by molar-refractivity contribution is -0.144. The summed E-state index contributed by atoms with van der Waals surface area (Å²) in [6.07, 6.45) is 2.73. The minimum atomic E-state index is -0.0507. The smallest absolute Gasteiger partial charge is 0.323 e. The number of hydrogen-bond donors (Lipinski definition) is 0. The van der Waals surface area contributed by atoms with Crippen molar-refractivity contribution < 1.29 is 9.53 Å². The molecule has 6 heteroatoms. The standard InChI is InChI=1S/C12H17N3O2S/c1-9-8-10(11(16)17-9)14-3-5-15(6-4-14)12-13-2-7-18-12/h2,7,9-10H,3-6,8H2,1H3/t9-,10-/m0/s1. The van der Waals surface area contributed by atoms with Gasteiger partial charge < -0.3 is 9.64 Å². The van der Waals surface area contributed by atoms with Gasteiger partial charge >= 0.3 is 5.97 Å². The lowest BCUT2D eigenvalue weighted by atomic mass is 10.1. The van der Waals surface area contributed by atoms with E-state index in [1.165, 1.54) is 0 Å². The highest BCUT2D eigenvalue weighted by Gasteiger charge is 2.37. The van der Waals surface area contributed by atoms with Gasteiger partial charge in [-0.05, 0) is 6.92 Å². The maximum atomic E-state index is 11.7. The van der Waals surface area contributed by atoms with Gasteiger partial charge in [-0.25, -0.2) is 4.98 Å². The third kappa shape index (κ3) is 2.22. The molecule has 0 aromatic carbocycles. The minimum Gasteiger partial charge on any atom is -0.461 e. The van der Waals surface area contributed by atoms with Crippen molar-refractivity contribution in [1.82, 2.24) is 9.88 Å². The molecule has 0 spiro atoms. The van der Waals surface area contributed by atoms with Crippen LogP contribution in [0.1, 0.15) is 13.3 Å². The molecule has 3 rings (SSSR count). The molecule has 0 bridgehead atoms. The van der Waals surface area contributed by atoms with Gasteiger partial charge in [0.2, 0.25) is 0 Å². The SMILES string of the molecule is C[C@H]1C[C@H](N2CCN(c3nccs3)CC2)C(=O)O1. The first kappa shape index (κ1) is 11.9. The zero-order chi connectivity index (χ0) is 12.5. The molecule has 2 saturated heterocycles. The zero-order valence-electron chi connectivity index (χ0n) is 10.4. The predicted octanol–water partition coefficient (Wildman–Crippen LogP) is 0.969. The van der Waals surface area contributed by atoms with Crippen LogP contribution in [0, 0.1) is 0 Å². The van der Waals surface area contributed by atoms with Crippen LogP contribution < -0.4 is 4.90 Å². The van der Waals surface area contributed by atoms with Gasteiger partial charge in [-0.2, -0.15) is 0 Å². The summed E-state index contributed by atoms with van der Waals surface area (Å²) in [7, 11) is 0. The van der Waals surface area contributed by atoms with Crippen LogP contribution in [-0.2, 0) is 9.53 Å². The first-order valence-electron chi connectivity index (χ1n) is 6.33. The van der Waals surface area contributed by atoms with Crippen LogP contribution in [0.4, 0.5) is 5.13 Å². The Morgan fingerprint density at radius 1 is 1.39 bits per heavy atom. The van der Waals surface area contributed by atoms with Crippen molar-refractivity contribution in [2.24, 2.45) is 0 Å². The van der Waals surface area contributed by atoms with E-state index in [0.29, 0.717) is 0 Å². The Balaban J connectivity index is 1.59. The summed E-state index contributed by atoms with van der Waals surface area (Å²) in [5.41, 5.74) is 0. The van der Waals surface area contributed by atoms with Crippen LogP contribution in [-0.4, -0.2) is 54.2 Å². The zero-order valence-corrected chi connectivity index (χ0v) is 11.2. The van der Waals surface area contributed by atoms with Crippen molar-refractivity contribution in [3.05, 3.63) is 11.6 Å². The van der Waals surface area contributed by atoms with E-state index in [4.69, 9.17) is 4.74 Å². The fourth-order valence-corrected chi connectivity index (χ4v) is 3.33. The second-order valence-electron chi connectivity index (χ2n) is 4.84. The van der Waals surface area contributed by atoms with Crippen molar-refractivity contribution in [1.29, 1.82) is 0 Å². The van der Waals surface area contributed by atoms with Crippen LogP contribution in [0.2, 0.25) is 0 Å². The van der Waals surface area contributed by atoms with E-state index >= 15 is 0 Å². The molecule has 1 aromatic heterocycles. The Bertz CT molecular complexity index is 415. The molecular weight excluding hydrogens is 250 g/mol. The maximum absolute atomic E-state index is 11.7. The summed E-state index contributed by atoms with van der Waals surface area (Å²) in [5, 5.41) is 3.08. The van der Waals surface area contributed by atoms with Crippen molar-refractivity contribution in [2.45, 2.75) is 25.5 Å². The van der Waals surface area contributed by atoms with E-state index in [1.807, 2.05) is 18.5 Å². The Morgan fingerprint density at radius 2 is 2.17 bits per heavy atom. The van der Waals surface area contributed by atoms with Gasteiger partial charge in [-0.3, -0.25) is 9.69 Å². The molecule has 2 atom stereocenters. The minimum absolute atomic E-state index is 0.0292. The number of cyclic esters (lactones) is 1. The fraction of sp³-hybridized carbons (Fsp3) is 0.667. The highest BCUT2D eigenvalue weighted by molar-refractivity contribution is 7.13. The highest BCUT2D eigenvalue weighted by atomic mass is 32.1. The topological polar surface area (TPSA) is 45.7 Å². The molecule has 0 radical (unpaired) electrons. The Kier molecular flexibility index (Phi) is 3.22. The number of hydrogen-bond acceptors (Lipinski definition) is 6. The van der Waals surface area contributed by atoms with Crippen LogP contribution in [0.3, 0.4) is 0 Å². The van der Waals surface area contributed by atoms with Gasteiger partial charge in [0, 0.05) is 44.2 Å². The van der Waals surface area contributed by atoms with E-state index in [0.717, 1.165) is 37.7 Å². The number of nitrogens with zero attached hydrogens (tertiary/aromatic N) is 3. The molecule has 2 aliphatic heterocycles. The molecule has 0 N–H and O–H groups in total. The number of esters is 1. The molecular formula is C12H17N3O2S. The van der Waals surface area contributed by atoms with E-state index in [1.54, 1.807) is 11.3 Å². The summed E-state index contributed by atoms with van der Waals surface area (Å²) >= 11 is 1.67. The molecule has 2 fully saturated rings. The summed E-state index contributed by atoms with van der Waals surface area (Å²) in [5.74, 6) is -0.0507. The number of ether oxygens (including phenoxy) is 1. The molecule has 98 valence electrons. The van der Waals surface area contributed by atoms with Crippen molar-refractivity contribution in [3.8, 4) is 0 Å². The van der Waals surface area contributed by atoms with E-state index in [9.17, 15) is 4.79 Å². The largest absolute Gasteiger partial charge is 0.461 e. The molecule has 1 aromatic rings. The van der Waals surface area contributed by atoms with Gasteiger partial charge in [0.25, 0.3) is 0 Å². The van der Waals surface area contributed by atoms with Gasteiger partial charge in [0.05, 0.1) is 0 Å². The van der Waals surface area contributed by atoms with E-state index < -0.39 is 0 Å². The molecule has 5 nitrogen and oxygen atoms in total. The first-order chi connectivity index (χ1) is 8.74. The third-order valence-corrected chi connectivity index (χ3v) is 4.42. The predicted molar refractivity (Wildman–Crippen MR) is 69.9 cm³/mol. The summed E-state index contributed by atoms with van der Waals surface area (Å²) < 4.78 is 5.22. The second-order valence-corrected chi connectivity index (χ2v) is 5.71. The summed E-state index contributed by atoms with van der Waals surface area (Å²) in [4.78, 5) is 20.6. The Hall–Kier alpha value is -1.14. The Morgan fingerprint density at radius 3 is 2.72 bits per heavy atom. The molecule has 18 heavy (non-hydrogen) atoms.